The van der Waals surface area contributed by atoms with Crippen molar-refractivity contribution in [1.82, 2.24) is 15.0 Å². The Bertz CT molecular complexity index is 1630. The number of carbonyl (C=O) groups excluding carboxylic acids is 2. The van der Waals surface area contributed by atoms with Gasteiger partial charge in [0.2, 0.25) is 0 Å². The molecule has 0 bridgehead atoms. The maximum atomic E-state index is 14.4. The highest BCUT2D eigenvalue weighted by molar-refractivity contribution is 7.92. The van der Waals surface area contributed by atoms with Gasteiger partial charge in [0, 0.05) is 38.3 Å². The van der Waals surface area contributed by atoms with Crippen LogP contribution in [0, 0.1) is 19.8 Å². The number of carbonyl (C=O) groups is 2. The molecule has 0 fully saturated rings. The number of aliphatic hydroxyl groups is 1. The average molecular weight is 686 g/mol. The van der Waals surface area contributed by atoms with Crippen LogP contribution in [0.3, 0.4) is 0 Å². The van der Waals surface area contributed by atoms with Crippen LogP contribution in [-0.4, -0.2) is 92.0 Å². The number of amides is 3. The number of sulfonamides is 1. The maximum absolute atomic E-state index is 14.4. The van der Waals surface area contributed by atoms with E-state index in [0.717, 1.165) is 12.8 Å². The lowest BCUT2D eigenvalue weighted by atomic mass is 10.0. The largest absolute Gasteiger partial charge is 0.490 e. The second kappa shape index (κ2) is 16.3. The first-order valence-electron chi connectivity index (χ1n) is 16.2. The first kappa shape index (κ1) is 36.7. The van der Waals surface area contributed by atoms with Crippen LogP contribution < -0.4 is 14.8 Å². The van der Waals surface area contributed by atoms with Gasteiger partial charge in [-0.15, -0.1) is 0 Å². The summed E-state index contributed by atoms with van der Waals surface area (Å²) in [5, 5.41) is 17.0. The van der Waals surface area contributed by atoms with Gasteiger partial charge in [-0.05, 0) is 77.3 Å². The molecule has 48 heavy (non-hydrogen) atoms. The van der Waals surface area contributed by atoms with Gasteiger partial charge in [-0.2, -0.15) is 0 Å². The molecule has 14 heteroatoms. The smallest absolute Gasteiger partial charge is 0.321 e. The summed E-state index contributed by atoms with van der Waals surface area (Å²) in [7, 11) is -2.26. The van der Waals surface area contributed by atoms with Crippen molar-refractivity contribution in [2.75, 3.05) is 43.4 Å². The summed E-state index contributed by atoms with van der Waals surface area (Å²) in [6, 6.07) is 11.6. The number of benzene rings is 2. The van der Waals surface area contributed by atoms with E-state index in [1.807, 2.05) is 13.8 Å². The Morgan fingerprint density at radius 2 is 1.88 bits per heavy atom. The van der Waals surface area contributed by atoms with Crippen LogP contribution in [0.25, 0.3) is 0 Å². The Kier molecular flexibility index (Phi) is 12.5. The lowest BCUT2D eigenvalue weighted by Crippen LogP contribution is -2.48. The predicted molar refractivity (Wildman–Crippen MR) is 182 cm³/mol. The van der Waals surface area contributed by atoms with Crippen molar-refractivity contribution in [1.29, 1.82) is 0 Å². The number of likely N-dealkylation sites (N-methyl/N-ethyl adjacent to an activating group) is 1. The lowest BCUT2D eigenvalue weighted by Gasteiger charge is -2.35. The molecule has 262 valence electrons. The van der Waals surface area contributed by atoms with E-state index in [1.165, 1.54) is 23.1 Å². The molecule has 0 spiro atoms. The van der Waals surface area contributed by atoms with Gasteiger partial charge in [-0.1, -0.05) is 30.3 Å². The van der Waals surface area contributed by atoms with Gasteiger partial charge >= 0.3 is 6.03 Å². The summed E-state index contributed by atoms with van der Waals surface area (Å²) in [6.45, 7) is 9.60. The molecule has 3 amide bonds. The highest BCUT2D eigenvalue weighted by atomic mass is 32.2. The van der Waals surface area contributed by atoms with Crippen LogP contribution >= 0.6 is 0 Å². The van der Waals surface area contributed by atoms with Crippen molar-refractivity contribution in [2.24, 2.45) is 5.92 Å². The molecule has 2 heterocycles. The van der Waals surface area contributed by atoms with E-state index in [-0.39, 0.29) is 53.9 Å². The quantitative estimate of drug-likeness (QED) is 0.294. The number of aryl methyl sites for hydroxylation is 2. The maximum Gasteiger partial charge on any atom is 0.321 e. The second-order valence-corrected chi connectivity index (χ2v) is 14.1. The number of aromatic nitrogens is 1. The molecule has 1 aromatic heterocycles. The molecule has 0 saturated carbocycles. The number of hydrogen-bond acceptors (Lipinski definition) is 9. The third-order valence-electron chi connectivity index (χ3n) is 8.42. The minimum Gasteiger partial charge on any atom is -0.490 e. The van der Waals surface area contributed by atoms with Crippen molar-refractivity contribution in [3.8, 4) is 5.75 Å². The molecule has 1 aliphatic rings. The Morgan fingerprint density at radius 3 is 2.54 bits per heavy atom. The van der Waals surface area contributed by atoms with E-state index in [9.17, 15) is 23.1 Å². The van der Waals surface area contributed by atoms with Crippen LogP contribution in [0.5, 0.6) is 5.75 Å². The first-order valence-corrected chi connectivity index (χ1v) is 17.7. The van der Waals surface area contributed by atoms with Crippen molar-refractivity contribution >= 4 is 33.3 Å². The van der Waals surface area contributed by atoms with Crippen LogP contribution in [0.15, 0.2) is 57.9 Å². The summed E-state index contributed by atoms with van der Waals surface area (Å²) < 4.78 is 46.6. The highest BCUT2D eigenvalue weighted by Gasteiger charge is 2.31. The fourth-order valence-electron chi connectivity index (χ4n) is 5.48. The van der Waals surface area contributed by atoms with Gasteiger partial charge < -0.3 is 34.2 Å². The van der Waals surface area contributed by atoms with Gasteiger partial charge in [0.25, 0.3) is 15.9 Å². The Balaban J connectivity index is 1.63. The van der Waals surface area contributed by atoms with E-state index in [1.54, 1.807) is 63.1 Å². The van der Waals surface area contributed by atoms with Crippen LogP contribution in [0.1, 0.15) is 61.8 Å². The van der Waals surface area contributed by atoms with Gasteiger partial charge in [-0.25, -0.2) is 13.2 Å². The van der Waals surface area contributed by atoms with Crippen molar-refractivity contribution in [2.45, 2.75) is 77.0 Å². The Morgan fingerprint density at radius 1 is 1.15 bits per heavy atom. The normalized spacial score (nSPS) is 20.2. The minimum atomic E-state index is -3.93. The predicted octanol–water partition coefficient (Wildman–Crippen LogP) is 5.05. The molecule has 3 N–H and O–H groups in total. The molecule has 4 rings (SSSR count). The molecular formula is C34H47N5O8S. The number of nitrogens with one attached hydrogen (secondary N) is 2. The second-order valence-electron chi connectivity index (χ2n) is 12.4. The number of rotatable bonds is 8. The number of nitrogens with zero attached hydrogens (tertiary/aromatic N) is 3. The van der Waals surface area contributed by atoms with Gasteiger partial charge in [0.1, 0.15) is 17.1 Å². The van der Waals surface area contributed by atoms with Crippen molar-refractivity contribution < 1.29 is 37.1 Å². The summed E-state index contributed by atoms with van der Waals surface area (Å²) in [5.41, 5.74) is 1.44. The van der Waals surface area contributed by atoms with E-state index in [0.29, 0.717) is 35.9 Å². The third kappa shape index (κ3) is 9.26. The van der Waals surface area contributed by atoms with E-state index >= 15 is 0 Å². The van der Waals surface area contributed by atoms with Crippen LogP contribution in [0.2, 0.25) is 0 Å². The number of fused-ring (bicyclic) bond motifs is 1. The van der Waals surface area contributed by atoms with E-state index in [2.05, 4.69) is 15.2 Å². The first-order chi connectivity index (χ1) is 22.8. The molecular weight excluding hydrogens is 638 g/mol. The van der Waals surface area contributed by atoms with E-state index < -0.39 is 28.1 Å². The zero-order valence-electron chi connectivity index (χ0n) is 28.4. The standard InChI is InChI=1S/C34H47N5O8S/c1-22-19-39(23(2)21-40)33(41)29-18-27(37-48(43,44)28-13-8-7-9-14-28)15-16-30(29)46-24(3)12-10-11-17-45-31(22)20-38(6)34(42)35-32-25(4)36-47-26(32)5/h7-9,13-16,18,22-24,31,37,40H,10-12,17,19-21H2,1-6H3,(H,35,42)/t22-,23-,24-,31-/m1/s1. The monoisotopic (exact) mass is 685 g/mol. The fraction of sp³-hybridized carbons (Fsp3) is 0.500. The number of urea groups is 1. The topological polar surface area (TPSA) is 164 Å². The van der Waals surface area contributed by atoms with Crippen molar-refractivity contribution in [3.63, 3.8) is 0 Å². The number of hydrogen-bond donors (Lipinski definition) is 3. The summed E-state index contributed by atoms with van der Waals surface area (Å²) in [4.78, 5) is 30.7. The number of anilines is 2. The molecule has 0 aliphatic carbocycles. The lowest BCUT2D eigenvalue weighted by molar-refractivity contribution is -0.0115. The molecule has 2 aromatic carbocycles. The molecule has 13 nitrogen and oxygen atoms in total. The van der Waals surface area contributed by atoms with Gasteiger partial charge in [0.05, 0.1) is 35.3 Å². The Hall–Kier alpha value is -4.14. The van der Waals surface area contributed by atoms with Gasteiger partial charge in [-0.3, -0.25) is 9.52 Å². The number of ether oxygens (including phenoxy) is 2. The summed E-state index contributed by atoms with van der Waals surface area (Å²) in [5.74, 6) is 0.104. The minimum absolute atomic E-state index is 0.0852. The molecule has 0 radical (unpaired) electrons. The Labute approximate surface area is 282 Å². The average Bonchev–Trinajstić information content (AvgIpc) is 3.38. The zero-order valence-corrected chi connectivity index (χ0v) is 29.2. The molecule has 1 aliphatic heterocycles. The van der Waals surface area contributed by atoms with Gasteiger partial charge in [0.15, 0.2) is 5.76 Å². The zero-order chi connectivity index (χ0) is 35.0. The number of aliphatic hydroxyl groups excluding tert-OH is 1. The van der Waals surface area contributed by atoms with Crippen LogP contribution in [0.4, 0.5) is 16.2 Å². The van der Waals surface area contributed by atoms with E-state index in [4.69, 9.17) is 14.0 Å². The highest BCUT2D eigenvalue weighted by Crippen LogP contribution is 2.30. The third-order valence-corrected chi connectivity index (χ3v) is 9.82. The fourth-order valence-corrected chi connectivity index (χ4v) is 6.55. The summed E-state index contributed by atoms with van der Waals surface area (Å²) in [6.07, 6.45) is 1.55. The SMILES string of the molecule is Cc1noc(C)c1NC(=O)N(C)C[C@H]1OCCCC[C@@H](C)Oc2ccc(NS(=O)(=O)c3ccccc3)cc2C(=O)N([C@H](C)CO)C[C@H]1C. The van der Waals surface area contributed by atoms with Crippen LogP contribution in [-0.2, 0) is 14.8 Å². The molecule has 4 atom stereocenters. The van der Waals surface area contributed by atoms with Crippen molar-refractivity contribution in [3.05, 3.63) is 65.5 Å². The molecule has 0 saturated heterocycles. The molecule has 3 aromatic rings. The molecule has 0 unspecified atom stereocenters. The summed E-state index contributed by atoms with van der Waals surface area (Å²) >= 11 is 0.